The Labute approximate surface area is 163 Å². The van der Waals surface area contributed by atoms with Gasteiger partial charge in [0.25, 0.3) is 0 Å². The average Bonchev–Trinajstić information content (AvgIpc) is 2.61. The second-order valence-electron chi connectivity index (χ2n) is 7.11. The molecule has 2 rings (SSSR count). The fraction of sp³-hybridized carbons (Fsp3) is 0.400. The van der Waals surface area contributed by atoms with E-state index in [-0.39, 0.29) is 11.7 Å². The number of hydrogen-bond acceptors (Lipinski definition) is 5. The number of nitrogens with one attached hydrogen (secondary N) is 1. The highest BCUT2D eigenvalue weighted by molar-refractivity contribution is 8.03. The Morgan fingerprint density at radius 2 is 1.93 bits per heavy atom. The monoisotopic (exact) mass is 382 g/mol. The third kappa shape index (κ3) is 4.50. The Bertz CT molecular complexity index is 859. The molecule has 140 valence electrons. The second-order valence-corrected chi connectivity index (χ2v) is 8.10. The first-order valence-electron chi connectivity index (χ1n) is 8.48. The van der Waals surface area contributed by atoms with Crippen molar-refractivity contribution in [1.29, 1.82) is 10.5 Å². The predicted octanol–water partition coefficient (Wildman–Crippen LogP) is 2.72. The molecule has 1 aromatic carbocycles. The summed E-state index contributed by atoms with van der Waals surface area (Å²) in [6.07, 6.45) is 0. The molecule has 0 aliphatic carbocycles. The molecule has 0 unspecified atom stereocenters. The summed E-state index contributed by atoms with van der Waals surface area (Å²) in [5.41, 5.74) is 1.62. The highest BCUT2D eigenvalue weighted by atomic mass is 32.2. The number of amides is 2. The lowest BCUT2D eigenvalue weighted by Crippen LogP contribution is -2.44. The molecule has 1 atom stereocenters. The smallest absolute Gasteiger partial charge is 0.243 e. The van der Waals surface area contributed by atoms with Crippen LogP contribution in [0.1, 0.15) is 25.0 Å². The van der Waals surface area contributed by atoms with Crippen molar-refractivity contribution in [1.82, 2.24) is 10.2 Å². The van der Waals surface area contributed by atoms with Crippen molar-refractivity contribution in [2.24, 2.45) is 11.3 Å². The van der Waals surface area contributed by atoms with E-state index in [2.05, 4.69) is 11.4 Å². The molecular formula is C20H22N4O2S. The molecule has 1 N–H and O–H groups in total. The number of carbonyl (C=O) groups is 2. The van der Waals surface area contributed by atoms with Crippen molar-refractivity contribution in [3.05, 3.63) is 46.0 Å². The zero-order valence-corrected chi connectivity index (χ0v) is 16.7. The molecule has 0 radical (unpaired) electrons. The Kier molecular flexibility index (Phi) is 6.30. The van der Waals surface area contributed by atoms with Crippen LogP contribution in [0.4, 0.5) is 0 Å². The lowest BCUT2D eigenvalue weighted by atomic mass is 9.72. The summed E-state index contributed by atoms with van der Waals surface area (Å²) in [6, 6.07) is 12.0. The number of nitrogens with zero attached hydrogens (tertiary/aromatic N) is 3. The van der Waals surface area contributed by atoms with Crippen LogP contribution < -0.4 is 5.32 Å². The van der Waals surface area contributed by atoms with Crippen molar-refractivity contribution >= 4 is 23.6 Å². The van der Waals surface area contributed by atoms with Crippen LogP contribution in [0.3, 0.4) is 0 Å². The highest BCUT2D eigenvalue weighted by Gasteiger charge is 2.44. The van der Waals surface area contributed by atoms with Gasteiger partial charge >= 0.3 is 0 Å². The van der Waals surface area contributed by atoms with Gasteiger partial charge in [-0.05, 0) is 12.5 Å². The van der Waals surface area contributed by atoms with Gasteiger partial charge in [0.2, 0.25) is 11.8 Å². The minimum absolute atomic E-state index is 0.0937. The quantitative estimate of drug-likeness (QED) is 0.844. The van der Waals surface area contributed by atoms with Gasteiger partial charge in [-0.1, -0.05) is 55.4 Å². The van der Waals surface area contributed by atoms with Crippen LogP contribution >= 0.6 is 11.8 Å². The number of hydrogen-bond donors (Lipinski definition) is 1. The van der Waals surface area contributed by atoms with Crippen molar-refractivity contribution in [3.8, 4) is 12.1 Å². The van der Waals surface area contributed by atoms with E-state index in [0.717, 1.165) is 22.9 Å². The fourth-order valence-corrected chi connectivity index (χ4v) is 3.95. The molecule has 0 aromatic heterocycles. The van der Waals surface area contributed by atoms with Crippen LogP contribution in [0.5, 0.6) is 0 Å². The van der Waals surface area contributed by atoms with Crippen LogP contribution in [-0.2, 0) is 16.1 Å². The summed E-state index contributed by atoms with van der Waals surface area (Å²) in [7, 11) is 1.72. The molecule has 7 heteroatoms. The van der Waals surface area contributed by atoms with Gasteiger partial charge in [0.15, 0.2) is 0 Å². The zero-order chi connectivity index (χ0) is 20.2. The number of aryl methyl sites for hydroxylation is 1. The maximum absolute atomic E-state index is 12.4. The van der Waals surface area contributed by atoms with E-state index in [1.54, 1.807) is 25.8 Å². The lowest BCUT2D eigenvalue weighted by Gasteiger charge is -2.34. The summed E-state index contributed by atoms with van der Waals surface area (Å²) in [5, 5.41) is 21.7. The largest absolute Gasteiger partial charge is 0.341 e. The molecule has 0 bridgehead atoms. The number of thioether (sulfide) groups is 1. The molecule has 1 aliphatic heterocycles. The Morgan fingerprint density at radius 1 is 1.30 bits per heavy atom. The number of carbonyl (C=O) groups excluding carboxylic acids is 2. The van der Waals surface area contributed by atoms with Crippen LogP contribution in [0.25, 0.3) is 0 Å². The van der Waals surface area contributed by atoms with Gasteiger partial charge in [-0.2, -0.15) is 10.5 Å². The maximum Gasteiger partial charge on any atom is 0.243 e. The molecule has 1 aliphatic rings. The Morgan fingerprint density at radius 3 is 2.48 bits per heavy atom. The molecule has 6 nitrogen and oxygen atoms in total. The third-order valence-electron chi connectivity index (χ3n) is 4.64. The van der Waals surface area contributed by atoms with Gasteiger partial charge < -0.3 is 10.2 Å². The van der Waals surface area contributed by atoms with E-state index in [1.165, 1.54) is 0 Å². The van der Waals surface area contributed by atoms with Crippen molar-refractivity contribution in [2.75, 3.05) is 12.8 Å². The standard InChI is InChI=1S/C20H22N4O2S/c1-13-5-7-14(8-6-13)11-24(4)17(25)12-27-19-16(10-22)20(2,3)15(9-21)18(26)23-19/h5-8,15H,11-12H2,1-4H3,(H,23,26)/t15-/m0/s1. The Hall–Kier alpha value is -2.77. The third-order valence-corrected chi connectivity index (χ3v) is 5.63. The summed E-state index contributed by atoms with van der Waals surface area (Å²) in [6.45, 7) is 5.89. The minimum Gasteiger partial charge on any atom is -0.341 e. The molecule has 1 aromatic rings. The summed E-state index contributed by atoms with van der Waals surface area (Å²) >= 11 is 1.12. The van der Waals surface area contributed by atoms with Gasteiger partial charge in [0.1, 0.15) is 5.92 Å². The van der Waals surface area contributed by atoms with Gasteiger partial charge in [-0.25, -0.2) is 0 Å². The fourth-order valence-electron chi connectivity index (χ4n) is 2.83. The van der Waals surface area contributed by atoms with Crippen molar-refractivity contribution in [3.63, 3.8) is 0 Å². The topological polar surface area (TPSA) is 97.0 Å². The molecular weight excluding hydrogens is 360 g/mol. The Balaban J connectivity index is 2.07. The SMILES string of the molecule is Cc1ccc(CN(C)C(=O)CSC2=C(C#N)C(C)(C)[C@@H](C#N)C(=O)N2)cc1. The summed E-state index contributed by atoms with van der Waals surface area (Å²) in [4.78, 5) is 26.2. The number of nitriles is 2. The van der Waals surface area contributed by atoms with Gasteiger partial charge in [-0.3, -0.25) is 9.59 Å². The number of rotatable bonds is 5. The molecule has 2 amide bonds. The van der Waals surface area contributed by atoms with E-state index in [9.17, 15) is 20.1 Å². The average molecular weight is 382 g/mol. The maximum atomic E-state index is 12.4. The highest BCUT2D eigenvalue weighted by Crippen LogP contribution is 2.41. The summed E-state index contributed by atoms with van der Waals surface area (Å²) in [5.74, 6) is -1.39. The lowest BCUT2D eigenvalue weighted by molar-refractivity contribution is -0.128. The zero-order valence-electron chi connectivity index (χ0n) is 15.9. The van der Waals surface area contributed by atoms with Gasteiger partial charge in [0, 0.05) is 19.0 Å². The van der Waals surface area contributed by atoms with Crippen LogP contribution in [0, 0.1) is 40.9 Å². The normalized spacial score (nSPS) is 18.3. The van der Waals surface area contributed by atoms with E-state index in [1.807, 2.05) is 37.3 Å². The van der Waals surface area contributed by atoms with E-state index in [0.29, 0.717) is 17.1 Å². The predicted molar refractivity (Wildman–Crippen MR) is 104 cm³/mol. The van der Waals surface area contributed by atoms with Gasteiger partial charge in [-0.15, -0.1) is 0 Å². The van der Waals surface area contributed by atoms with E-state index < -0.39 is 17.2 Å². The minimum atomic E-state index is -0.934. The molecule has 0 spiro atoms. The molecule has 0 fully saturated rings. The van der Waals surface area contributed by atoms with Gasteiger partial charge in [0.05, 0.1) is 28.5 Å². The molecule has 27 heavy (non-hydrogen) atoms. The van der Waals surface area contributed by atoms with E-state index >= 15 is 0 Å². The number of benzene rings is 1. The first-order chi connectivity index (χ1) is 12.7. The van der Waals surface area contributed by atoms with E-state index in [4.69, 9.17) is 0 Å². The molecule has 0 saturated heterocycles. The molecule has 1 heterocycles. The second kappa shape index (κ2) is 8.28. The van der Waals surface area contributed by atoms with Crippen molar-refractivity contribution in [2.45, 2.75) is 27.3 Å². The first kappa shape index (κ1) is 20.5. The van der Waals surface area contributed by atoms with Crippen molar-refractivity contribution < 1.29 is 9.59 Å². The van der Waals surface area contributed by atoms with Crippen LogP contribution in [0.15, 0.2) is 34.9 Å². The molecule has 0 saturated carbocycles. The van der Waals surface area contributed by atoms with Crippen LogP contribution in [0.2, 0.25) is 0 Å². The number of allylic oxidation sites excluding steroid dienone is 1. The first-order valence-corrected chi connectivity index (χ1v) is 9.47. The van der Waals surface area contributed by atoms with Crippen LogP contribution in [-0.4, -0.2) is 29.5 Å². The summed E-state index contributed by atoms with van der Waals surface area (Å²) < 4.78 is 0.